The van der Waals surface area contributed by atoms with Crippen molar-refractivity contribution in [3.05, 3.63) is 28.0 Å². The van der Waals surface area contributed by atoms with Gasteiger partial charge in [-0.2, -0.15) is 0 Å². The van der Waals surface area contributed by atoms with Crippen molar-refractivity contribution in [1.29, 1.82) is 0 Å². The highest BCUT2D eigenvalue weighted by molar-refractivity contribution is 9.10. The van der Waals surface area contributed by atoms with E-state index in [0.29, 0.717) is 16.7 Å². The Morgan fingerprint density at radius 3 is 2.90 bits per heavy atom. The highest BCUT2D eigenvalue weighted by atomic mass is 79.9. The van der Waals surface area contributed by atoms with Crippen molar-refractivity contribution >= 4 is 37.4 Å². The van der Waals surface area contributed by atoms with Crippen molar-refractivity contribution in [2.45, 2.75) is 19.4 Å². The normalized spacial score (nSPS) is 21.0. The van der Waals surface area contributed by atoms with Crippen LogP contribution in [0.3, 0.4) is 0 Å². The number of anilines is 1. The van der Waals surface area contributed by atoms with Gasteiger partial charge in [-0.15, -0.1) is 0 Å². The van der Waals surface area contributed by atoms with E-state index in [1.54, 1.807) is 13.0 Å². The second-order valence-electron chi connectivity index (χ2n) is 5.10. The van der Waals surface area contributed by atoms with Crippen LogP contribution < -0.4 is 10.6 Å². The van der Waals surface area contributed by atoms with Crippen molar-refractivity contribution in [3.8, 4) is 0 Å². The van der Waals surface area contributed by atoms with Crippen LogP contribution in [-0.2, 0) is 14.6 Å². The Morgan fingerprint density at radius 2 is 2.24 bits per heavy atom. The maximum absolute atomic E-state index is 13.5. The molecule has 1 aromatic rings. The Bertz CT molecular complexity index is 664. The molecule has 1 aliphatic heterocycles. The molecule has 8 heteroatoms. The number of hydrogen-bond donors (Lipinski definition) is 2. The van der Waals surface area contributed by atoms with Gasteiger partial charge in [-0.1, -0.05) is 0 Å². The van der Waals surface area contributed by atoms with Gasteiger partial charge in [0.25, 0.3) is 0 Å². The molecule has 1 unspecified atom stereocenters. The van der Waals surface area contributed by atoms with Gasteiger partial charge < -0.3 is 10.6 Å². The molecule has 0 aromatic heterocycles. The molecule has 1 aliphatic rings. The van der Waals surface area contributed by atoms with Gasteiger partial charge in [-0.25, -0.2) is 12.8 Å². The first-order valence-corrected chi connectivity index (χ1v) is 9.07. The lowest BCUT2D eigenvalue weighted by molar-refractivity contribution is -0.116. The Morgan fingerprint density at radius 1 is 1.52 bits per heavy atom. The molecule has 0 spiro atoms. The number of hydrogen-bond acceptors (Lipinski definition) is 4. The fourth-order valence-electron chi connectivity index (χ4n) is 2.20. The second-order valence-corrected chi connectivity index (χ2v) is 8.18. The lowest BCUT2D eigenvalue weighted by Crippen LogP contribution is -2.46. The standard InChI is InChI=1S/C13H16BrFN2O3S/c1-8-4-10(14)11(15)6-12(8)17-13(18)5-9-7-21(19,20)3-2-16-9/h4,6,9,16H,2-3,5,7H2,1H3,(H,17,18). The topological polar surface area (TPSA) is 75.3 Å². The number of nitrogens with one attached hydrogen (secondary N) is 2. The highest BCUT2D eigenvalue weighted by Gasteiger charge is 2.26. The van der Waals surface area contributed by atoms with E-state index < -0.39 is 21.7 Å². The number of aryl methyl sites for hydroxylation is 1. The molecule has 1 fully saturated rings. The smallest absolute Gasteiger partial charge is 0.225 e. The van der Waals surface area contributed by atoms with E-state index in [0.717, 1.165) is 5.56 Å². The molecule has 1 heterocycles. The number of halogens is 2. The minimum atomic E-state index is -3.08. The van der Waals surface area contributed by atoms with Gasteiger partial charge in [-0.3, -0.25) is 4.79 Å². The quantitative estimate of drug-likeness (QED) is 0.837. The van der Waals surface area contributed by atoms with Crippen LogP contribution in [0.1, 0.15) is 12.0 Å². The third-order valence-electron chi connectivity index (χ3n) is 3.27. The van der Waals surface area contributed by atoms with Crippen LogP contribution in [0.5, 0.6) is 0 Å². The molecule has 21 heavy (non-hydrogen) atoms. The van der Waals surface area contributed by atoms with Crippen molar-refractivity contribution in [3.63, 3.8) is 0 Å². The maximum atomic E-state index is 13.5. The summed E-state index contributed by atoms with van der Waals surface area (Å²) in [6.07, 6.45) is 0.0380. The zero-order valence-corrected chi connectivity index (χ0v) is 13.9. The Kier molecular flexibility index (Phi) is 5.00. The van der Waals surface area contributed by atoms with Gasteiger partial charge in [0.1, 0.15) is 5.82 Å². The molecule has 2 N–H and O–H groups in total. The number of carbonyl (C=O) groups excluding carboxylic acids is 1. The van der Waals surface area contributed by atoms with E-state index in [1.807, 2.05) is 0 Å². The molecule has 5 nitrogen and oxygen atoms in total. The Hall–Kier alpha value is -0.990. The van der Waals surface area contributed by atoms with Gasteiger partial charge in [0.2, 0.25) is 5.91 Å². The molecule has 0 aliphatic carbocycles. The summed E-state index contributed by atoms with van der Waals surface area (Å²) in [5.41, 5.74) is 1.11. The highest BCUT2D eigenvalue weighted by Crippen LogP contribution is 2.24. The fourth-order valence-corrected chi connectivity index (χ4v) is 4.11. The second kappa shape index (κ2) is 6.41. The Balaban J connectivity index is 2.01. The van der Waals surface area contributed by atoms with Crippen LogP contribution in [0.25, 0.3) is 0 Å². The summed E-state index contributed by atoms with van der Waals surface area (Å²) < 4.78 is 36.8. The van der Waals surface area contributed by atoms with Gasteiger partial charge in [0, 0.05) is 24.7 Å². The fraction of sp³-hybridized carbons (Fsp3) is 0.462. The van der Waals surface area contributed by atoms with Gasteiger partial charge in [0.05, 0.1) is 16.0 Å². The van der Waals surface area contributed by atoms with E-state index in [1.165, 1.54) is 6.07 Å². The summed E-state index contributed by atoms with van der Waals surface area (Å²) in [4.78, 5) is 12.0. The number of rotatable bonds is 3. The minimum Gasteiger partial charge on any atom is -0.326 e. The first-order valence-electron chi connectivity index (χ1n) is 6.46. The zero-order valence-electron chi connectivity index (χ0n) is 11.4. The average molecular weight is 379 g/mol. The lowest BCUT2D eigenvalue weighted by atomic mass is 10.1. The van der Waals surface area contributed by atoms with Crippen molar-refractivity contribution < 1.29 is 17.6 Å². The van der Waals surface area contributed by atoms with Crippen molar-refractivity contribution in [2.75, 3.05) is 23.4 Å². The van der Waals surface area contributed by atoms with Gasteiger partial charge in [-0.05, 0) is 40.5 Å². The van der Waals surface area contributed by atoms with E-state index in [2.05, 4.69) is 26.6 Å². The largest absolute Gasteiger partial charge is 0.326 e. The van der Waals surface area contributed by atoms with Crippen LogP contribution in [0.15, 0.2) is 16.6 Å². The van der Waals surface area contributed by atoms with E-state index in [4.69, 9.17) is 0 Å². The molecule has 0 bridgehead atoms. The summed E-state index contributed by atoms with van der Waals surface area (Å²) in [6, 6.07) is 2.42. The summed E-state index contributed by atoms with van der Waals surface area (Å²) in [7, 11) is -3.08. The maximum Gasteiger partial charge on any atom is 0.225 e. The molecule has 0 radical (unpaired) electrons. The first kappa shape index (κ1) is 16.4. The van der Waals surface area contributed by atoms with E-state index in [9.17, 15) is 17.6 Å². The third-order valence-corrected chi connectivity index (χ3v) is 5.62. The van der Waals surface area contributed by atoms with Crippen LogP contribution in [-0.4, -0.2) is 38.4 Å². The molecule has 2 rings (SSSR count). The average Bonchev–Trinajstić information content (AvgIpc) is 2.34. The van der Waals surface area contributed by atoms with E-state index in [-0.39, 0.29) is 23.8 Å². The first-order chi connectivity index (χ1) is 9.77. The zero-order chi connectivity index (χ0) is 15.6. The number of benzene rings is 1. The molecular weight excluding hydrogens is 363 g/mol. The number of carbonyl (C=O) groups is 1. The summed E-state index contributed by atoms with van der Waals surface area (Å²) in [6.45, 7) is 2.11. The molecular formula is C13H16BrFN2O3S. The predicted molar refractivity (Wildman–Crippen MR) is 82.5 cm³/mol. The van der Waals surface area contributed by atoms with Gasteiger partial charge >= 0.3 is 0 Å². The SMILES string of the molecule is Cc1cc(Br)c(F)cc1NC(=O)CC1CS(=O)(=O)CCN1. The monoisotopic (exact) mass is 378 g/mol. The van der Waals surface area contributed by atoms with Crippen molar-refractivity contribution in [2.24, 2.45) is 0 Å². The van der Waals surface area contributed by atoms with Gasteiger partial charge in [0.15, 0.2) is 9.84 Å². The summed E-state index contributed by atoms with van der Waals surface area (Å²) >= 11 is 3.07. The van der Waals surface area contributed by atoms with E-state index >= 15 is 0 Å². The molecule has 116 valence electrons. The molecule has 1 saturated heterocycles. The molecule has 1 aromatic carbocycles. The van der Waals surface area contributed by atoms with Crippen LogP contribution in [0.2, 0.25) is 0 Å². The van der Waals surface area contributed by atoms with Crippen LogP contribution in [0, 0.1) is 12.7 Å². The number of amides is 1. The Labute approximate surface area is 131 Å². The summed E-state index contributed by atoms with van der Waals surface area (Å²) in [5.74, 6) is -0.750. The molecule has 1 amide bonds. The summed E-state index contributed by atoms with van der Waals surface area (Å²) in [5, 5.41) is 5.62. The third kappa shape index (κ3) is 4.49. The minimum absolute atomic E-state index is 0.0380. The van der Waals surface area contributed by atoms with Crippen LogP contribution >= 0.6 is 15.9 Å². The lowest BCUT2D eigenvalue weighted by Gasteiger charge is -2.23. The number of sulfone groups is 1. The molecule has 0 saturated carbocycles. The van der Waals surface area contributed by atoms with Crippen LogP contribution in [0.4, 0.5) is 10.1 Å². The molecule has 1 atom stereocenters. The predicted octanol–water partition coefficient (Wildman–Crippen LogP) is 1.61. The van der Waals surface area contributed by atoms with Crippen molar-refractivity contribution in [1.82, 2.24) is 5.32 Å².